The van der Waals surface area contributed by atoms with Crippen molar-refractivity contribution in [1.82, 2.24) is 0 Å². The summed E-state index contributed by atoms with van der Waals surface area (Å²) >= 11 is 0. The summed E-state index contributed by atoms with van der Waals surface area (Å²) in [6.45, 7) is 17.9. The fourth-order valence-corrected chi connectivity index (χ4v) is 1.69. The van der Waals surface area contributed by atoms with Crippen LogP contribution in [0.15, 0.2) is 59.3 Å². The molecular formula is C23H34O8. The van der Waals surface area contributed by atoms with E-state index in [4.69, 9.17) is 10.2 Å². The van der Waals surface area contributed by atoms with Crippen molar-refractivity contribution in [2.24, 2.45) is 5.92 Å². The highest BCUT2D eigenvalue weighted by Crippen LogP contribution is 2.08. The Bertz CT molecular complexity index is 714. The molecule has 31 heavy (non-hydrogen) atoms. The second kappa shape index (κ2) is 17.4. The van der Waals surface area contributed by atoms with Gasteiger partial charge in [0.2, 0.25) is 0 Å². The first kappa shape index (κ1) is 32.3. The minimum atomic E-state index is -1.23. The van der Waals surface area contributed by atoms with Crippen LogP contribution in [0.25, 0.3) is 0 Å². The maximum Gasteiger partial charge on any atom is 0.337 e. The topological polar surface area (TPSA) is 127 Å². The van der Waals surface area contributed by atoms with Gasteiger partial charge >= 0.3 is 23.9 Å². The molecule has 0 saturated heterocycles. The third-order valence-electron chi connectivity index (χ3n) is 2.97. The molecule has 0 aliphatic carbocycles. The maximum atomic E-state index is 10.7. The smallest absolute Gasteiger partial charge is 0.337 e. The zero-order valence-corrected chi connectivity index (χ0v) is 19.6. The number of methoxy groups -OCH3 is 2. The third kappa shape index (κ3) is 19.7. The highest BCUT2D eigenvalue weighted by atomic mass is 16.5. The lowest BCUT2D eigenvalue weighted by molar-refractivity contribution is -0.136. The fourth-order valence-electron chi connectivity index (χ4n) is 1.69. The van der Waals surface area contributed by atoms with E-state index in [2.05, 4.69) is 22.6 Å². The fraction of sp³-hybridized carbons (Fsp3) is 0.391. The molecule has 0 aromatic heterocycles. The molecule has 174 valence electrons. The summed E-state index contributed by atoms with van der Waals surface area (Å²) in [4.78, 5) is 41.8. The molecule has 0 fully saturated rings. The lowest BCUT2D eigenvalue weighted by atomic mass is 10.0. The van der Waals surface area contributed by atoms with E-state index in [1.807, 2.05) is 27.7 Å². The standard InChI is InChI=1S/2C8H12O2.C7H10O4/c2*1-6(2)5-7(3)8(9)10-4;1-4(2)5(7(10)11)3-6(8)9/h2*5H,3H2,1-2,4H3;3-4H,1-2H3,(H,8,9)(H,10,11)/b;;5-3-. The van der Waals surface area contributed by atoms with E-state index in [-0.39, 0.29) is 23.4 Å². The number of esters is 2. The summed E-state index contributed by atoms with van der Waals surface area (Å²) < 4.78 is 8.86. The van der Waals surface area contributed by atoms with Gasteiger partial charge in [0, 0.05) is 11.6 Å². The number of allylic oxidation sites excluding steroid dienone is 2. The van der Waals surface area contributed by atoms with Crippen LogP contribution in [-0.2, 0) is 28.7 Å². The molecular weight excluding hydrogens is 404 g/mol. The quantitative estimate of drug-likeness (QED) is 0.345. The average Bonchev–Trinajstić information content (AvgIpc) is 2.63. The summed E-state index contributed by atoms with van der Waals surface area (Å²) in [5, 5.41) is 16.7. The van der Waals surface area contributed by atoms with Crippen molar-refractivity contribution in [2.45, 2.75) is 41.5 Å². The highest BCUT2D eigenvalue weighted by Gasteiger charge is 2.12. The van der Waals surface area contributed by atoms with Crippen LogP contribution in [-0.4, -0.2) is 48.3 Å². The largest absolute Gasteiger partial charge is 0.478 e. The van der Waals surface area contributed by atoms with Crippen LogP contribution in [0.1, 0.15) is 41.5 Å². The molecule has 8 nitrogen and oxygen atoms in total. The Balaban J connectivity index is -0.000000380. The van der Waals surface area contributed by atoms with Crippen LogP contribution in [0.2, 0.25) is 0 Å². The first-order chi connectivity index (χ1) is 14.1. The maximum absolute atomic E-state index is 10.7. The van der Waals surface area contributed by atoms with E-state index in [1.165, 1.54) is 14.2 Å². The molecule has 2 N–H and O–H groups in total. The Hall–Kier alpha value is -3.42. The number of carbonyl (C=O) groups excluding carboxylic acids is 2. The van der Waals surface area contributed by atoms with E-state index >= 15 is 0 Å². The lowest BCUT2D eigenvalue weighted by Gasteiger charge is -2.02. The molecule has 0 amide bonds. The summed E-state index contributed by atoms with van der Waals surface area (Å²) in [7, 11) is 2.68. The molecule has 0 aromatic carbocycles. The number of carboxylic acids is 2. The van der Waals surface area contributed by atoms with Crippen LogP contribution in [0.4, 0.5) is 0 Å². The summed E-state index contributed by atoms with van der Waals surface area (Å²) in [5.74, 6) is -3.43. The zero-order chi connectivity index (χ0) is 25.3. The number of ether oxygens (including phenoxy) is 2. The predicted molar refractivity (Wildman–Crippen MR) is 119 cm³/mol. The zero-order valence-electron chi connectivity index (χ0n) is 19.6. The number of carboxylic acid groups (broad SMARTS) is 2. The van der Waals surface area contributed by atoms with Crippen LogP contribution in [0, 0.1) is 5.92 Å². The molecule has 0 atom stereocenters. The van der Waals surface area contributed by atoms with Gasteiger partial charge in [0.15, 0.2) is 0 Å². The molecule has 0 saturated carbocycles. The Morgan fingerprint density at radius 2 is 1.06 bits per heavy atom. The molecule has 0 spiro atoms. The summed E-state index contributed by atoms with van der Waals surface area (Å²) in [5.41, 5.74) is 2.77. The van der Waals surface area contributed by atoms with Gasteiger partial charge in [-0.3, -0.25) is 0 Å². The van der Waals surface area contributed by atoms with Gasteiger partial charge in [-0.2, -0.15) is 0 Å². The third-order valence-corrected chi connectivity index (χ3v) is 2.97. The van der Waals surface area contributed by atoms with Crippen molar-refractivity contribution < 1.29 is 38.9 Å². The molecule has 0 aliphatic heterocycles. The molecule has 0 bridgehead atoms. The molecule has 0 unspecified atom stereocenters. The Labute approximate surface area is 184 Å². The van der Waals surface area contributed by atoms with E-state index in [1.54, 1.807) is 26.0 Å². The number of carbonyl (C=O) groups is 4. The Kier molecular flexibility index (Phi) is 18.1. The molecule has 0 aromatic rings. The van der Waals surface area contributed by atoms with Gasteiger partial charge < -0.3 is 19.7 Å². The van der Waals surface area contributed by atoms with Crippen LogP contribution >= 0.6 is 0 Å². The second-order valence-corrected chi connectivity index (χ2v) is 6.87. The predicted octanol–water partition coefficient (Wildman–Crippen LogP) is 4.10. The van der Waals surface area contributed by atoms with Gasteiger partial charge in [0.05, 0.1) is 25.4 Å². The first-order valence-corrected chi connectivity index (χ1v) is 9.12. The van der Waals surface area contributed by atoms with Crippen LogP contribution in [0.5, 0.6) is 0 Å². The minimum absolute atomic E-state index is 0.0856. The first-order valence-electron chi connectivity index (χ1n) is 9.12. The van der Waals surface area contributed by atoms with E-state index in [9.17, 15) is 19.2 Å². The van der Waals surface area contributed by atoms with Crippen LogP contribution in [0.3, 0.4) is 0 Å². The SMILES string of the molecule is C=C(C=C(C)C)C(=O)OC.C=C(C=C(C)C)C(=O)OC.CC(C)/C(=C/C(=O)O)C(=O)O. The van der Waals surface area contributed by atoms with Crippen molar-refractivity contribution in [3.63, 3.8) is 0 Å². The Morgan fingerprint density at radius 1 is 0.742 bits per heavy atom. The number of hydrogen-bond acceptors (Lipinski definition) is 6. The van der Waals surface area contributed by atoms with E-state index in [0.29, 0.717) is 17.2 Å². The normalized spacial score (nSPS) is 9.52. The van der Waals surface area contributed by atoms with Gasteiger partial charge in [-0.05, 0) is 45.8 Å². The van der Waals surface area contributed by atoms with Crippen molar-refractivity contribution >= 4 is 23.9 Å². The average molecular weight is 439 g/mol. The molecule has 8 heteroatoms. The van der Waals surface area contributed by atoms with Crippen molar-refractivity contribution in [1.29, 1.82) is 0 Å². The number of rotatable bonds is 7. The van der Waals surface area contributed by atoms with Gasteiger partial charge in [0.1, 0.15) is 0 Å². The van der Waals surface area contributed by atoms with Gasteiger partial charge in [-0.1, -0.05) is 38.2 Å². The van der Waals surface area contributed by atoms with Crippen LogP contribution < -0.4 is 0 Å². The Morgan fingerprint density at radius 3 is 1.19 bits per heavy atom. The molecule has 0 aliphatic rings. The minimum Gasteiger partial charge on any atom is -0.478 e. The molecule has 0 rings (SSSR count). The lowest BCUT2D eigenvalue weighted by Crippen LogP contribution is -2.09. The molecule has 0 heterocycles. The van der Waals surface area contributed by atoms with E-state index < -0.39 is 11.9 Å². The monoisotopic (exact) mass is 438 g/mol. The highest BCUT2D eigenvalue weighted by molar-refractivity contribution is 5.95. The van der Waals surface area contributed by atoms with Crippen molar-refractivity contribution in [2.75, 3.05) is 14.2 Å². The second-order valence-electron chi connectivity index (χ2n) is 6.87. The number of hydrogen-bond donors (Lipinski definition) is 2. The molecule has 0 radical (unpaired) electrons. The van der Waals surface area contributed by atoms with E-state index in [0.717, 1.165) is 11.1 Å². The van der Waals surface area contributed by atoms with Crippen molar-refractivity contribution in [3.8, 4) is 0 Å². The summed E-state index contributed by atoms with van der Waals surface area (Å²) in [6.07, 6.45) is 4.09. The van der Waals surface area contributed by atoms with Crippen molar-refractivity contribution in [3.05, 3.63) is 59.3 Å². The van der Waals surface area contributed by atoms with Gasteiger partial charge in [0.25, 0.3) is 0 Å². The van der Waals surface area contributed by atoms with Gasteiger partial charge in [-0.15, -0.1) is 0 Å². The summed E-state index contributed by atoms with van der Waals surface area (Å²) in [6, 6.07) is 0. The van der Waals surface area contributed by atoms with Gasteiger partial charge in [-0.25, -0.2) is 19.2 Å². The number of aliphatic carboxylic acids is 2.